The lowest BCUT2D eigenvalue weighted by Gasteiger charge is -2.27. The SMILES string of the molecule is CCCCCC(C)(O)CCC1CCC(O)C1C/C=C\CCCC(=O)O. The minimum atomic E-state index is -0.745. The van der Waals surface area contributed by atoms with Crippen molar-refractivity contribution >= 4 is 5.97 Å². The van der Waals surface area contributed by atoms with Gasteiger partial charge in [-0.15, -0.1) is 0 Å². The van der Waals surface area contributed by atoms with Gasteiger partial charge in [0.05, 0.1) is 11.7 Å². The van der Waals surface area contributed by atoms with Gasteiger partial charge in [0.1, 0.15) is 0 Å². The molecule has 4 atom stereocenters. The molecular weight excluding hydrogens is 316 g/mol. The number of carbonyl (C=O) groups is 1. The van der Waals surface area contributed by atoms with E-state index in [0.29, 0.717) is 12.3 Å². The van der Waals surface area contributed by atoms with E-state index in [0.717, 1.165) is 51.4 Å². The first-order valence-corrected chi connectivity index (χ1v) is 10.1. The molecule has 1 aliphatic carbocycles. The van der Waals surface area contributed by atoms with Crippen molar-refractivity contribution in [2.75, 3.05) is 0 Å². The average Bonchev–Trinajstić information content (AvgIpc) is 2.89. The zero-order chi connectivity index (χ0) is 18.7. The van der Waals surface area contributed by atoms with Crippen molar-refractivity contribution < 1.29 is 20.1 Å². The third kappa shape index (κ3) is 9.41. The normalized spacial score (nSPS) is 26.2. The van der Waals surface area contributed by atoms with Crippen LogP contribution in [0, 0.1) is 11.8 Å². The monoisotopic (exact) mass is 354 g/mol. The number of carboxylic acid groups (broad SMARTS) is 1. The Morgan fingerprint density at radius 2 is 1.92 bits per heavy atom. The Labute approximate surface area is 153 Å². The van der Waals surface area contributed by atoms with Crippen molar-refractivity contribution in [1.82, 2.24) is 0 Å². The van der Waals surface area contributed by atoms with E-state index >= 15 is 0 Å². The molecule has 1 aliphatic rings. The number of aliphatic hydroxyl groups is 2. The van der Waals surface area contributed by atoms with E-state index in [-0.39, 0.29) is 18.4 Å². The fraction of sp³-hybridized carbons (Fsp3) is 0.857. The van der Waals surface area contributed by atoms with Crippen molar-refractivity contribution in [1.29, 1.82) is 0 Å². The molecule has 0 aromatic carbocycles. The Balaban J connectivity index is 2.35. The maximum atomic E-state index is 10.5. The lowest BCUT2D eigenvalue weighted by molar-refractivity contribution is -0.137. The van der Waals surface area contributed by atoms with Crippen LogP contribution in [-0.4, -0.2) is 33.0 Å². The summed E-state index contributed by atoms with van der Waals surface area (Å²) >= 11 is 0. The first-order valence-electron chi connectivity index (χ1n) is 10.1. The van der Waals surface area contributed by atoms with Gasteiger partial charge in [-0.25, -0.2) is 0 Å². The van der Waals surface area contributed by atoms with E-state index in [9.17, 15) is 15.0 Å². The summed E-state index contributed by atoms with van der Waals surface area (Å²) in [5, 5.41) is 29.4. The Hall–Kier alpha value is -0.870. The number of aliphatic hydroxyl groups excluding tert-OH is 1. The minimum Gasteiger partial charge on any atom is -0.481 e. The predicted molar refractivity (Wildman–Crippen MR) is 101 cm³/mol. The molecule has 3 N–H and O–H groups in total. The highest BCUT2D eigenvalue weighted by atomic mass is 16.4. The van der Waals surface area contributed by atoms with Gasteiger partial charge in [0.15, 0.2) is 0 Å². The fourth-order valence-corrected chi connectivity index (χ4v) is 3.95. The van der Waals surface area contributed by atoms with Crippen LogP contribution in [0.3, 0.4) is 0 Å². The Kier molecular flexibility index (Phi) is 10.4. The van der Waals surface area contributed by atoms with Crippen LogP contribution in [0.1, 0.15) is 90.9 Å². The maximum absolute atomic E-state index is 10.5. The lowest BCUT2D eigenvalue weighted by atomic mass is 9.83. The maximum Gasteiger partial charge on any atom is 0.303 e. The molecule has 0 aliphatic heterocycles. The van der Waals surface area contributed by atoms with E-state index in [2.05, 4.69) is 13.0 Å². The highest BCUT2D eigenvalue weighted by molar-refractivity contribution is 5.66. The number of allylic oxidation sites excluding steroid dienone is 2. The zero-order valence-electron chi connectivity index (χ0n) is 16.1. The molecule has 4 heteroatoms. The number of rotatable bonds is 13. The van der Waals surface area contributed by atoms with Gasteiger partial charge in [0.25, 0.3) is 0 Å². The lowest BCUT2D eigenvalue weighted by Crippen LogP contribution is -2.26. The number of carboxylic acids is 1. The van der Waals surface area contributed by atoms with E-state index in [1.165, 1.54) is 12.8 Å². The van der Waals surface area contributed by atoms with Gasteiger partial charge in [-0.05, 0) is 70.1 Å². The Morgan fingerprint density at radius 1 is 1.16 bits per heavy atom. The summed E-state index contributed by atoms with van der Waals surface area (Å²) in [5.74, 6) is 0.0177. The molecule has 0 heterocycles. The first kappa shape index (κ1) is 22.2. The van der Waals surface area contributed by atoms with Crippen LogP contribution in [0.5, 0.6) is 0 Å². The Morgan fingerprint density at radius 3 is 2.60 bits per heavy atom. The number of unbranched alkanes of at least 4 members (excludes halogenated alkanes) is 3. The first-order chi connectivity index (χ1) is 11.9. The minimum absolute atomic E-state index is 0.214. The molecule has 4 nitrogen and oxygen atoms in total. The van der Waals surface area contributed by atoms with Gasteiger partial charge >= 0.3 is 5.97 Å². The standard InChI is InChI=1S/C21H38O4/c1-3-4-9-15-21(2,25)16-14-17-12-13-19(22)18(17)10-7-5-6-8-11-20(23)24/h5,7,17-19,22,25H,3-4,6,8-16H2,1-2H3,(H,23,24)/b7-5-. The molecule has 0 radical (unpaired) electrons. The molecule has 0 saturated heterocycles. The van der Waals surface area contributed by atoms with Crippen molar-refractivity contribution in [2.45, 2.75) is 103 Å². The third-order valence-corrected chi connectivity index (χ3v) is 5.64. The molecule has 1 fully saturated rings. The number of aliphatic carboxylic acids is 1. The van der Waals surface area contributed by atoms with Crippen molar-refractivity contribution in [3.63, 3.8) is 0 Å². The molecular formula is C21H38O4. The van der Waals surface area contributed by atoms with E-state index in [1.54, 1.807) is 0 Å². The molecule has 0 amide bonds. The molecule has 1 saturated carbocycles. The van der Waals surface area contributed by atoms with Crippen LogP contribution in [0.25, 0.3) is 0 Å². The van der Waals surface area contributed by atoms with Crippen LogP contribution < -0.4 is 0 Å². The summed E-state index contributed by atoms with van der Waals surface area (Å²) in [4.78, 5) is 10.5. The molecule has 0 bridgehead atoms. The van der Waals surface area contributed by atoms with Crippen LogP contribution in [-0.2, 0) is 4.79 Å². The molecule has 146 valence electrons. The van der Waals surface area contributed by atoms with Crippen molar-refractivity contribution in [2.24, 2.45) is 11.8 Å². The average molecular weight is 355 g/mol. The second-order valence-corrected chi connectivity index (χ2v) is 8.05. The molecule has 0 aromatic rings. The zero-order valence-corrected chi connectivity index (χ0v) is 16.1. The summed E-state index contributed by atoms with van der Waals surface area (Å²) in [6.07, 6.45) is 14.4. The van der Waals surface area contributed by atoms with Crippen molar-refractivity contribution in [3.05, 3.63) is 12.2 Å². The Bertz CT molecular complexity index is 403. The van der Waals surface area contributed by atoms with Gasteiger partial charge in [-0.2, -0.15) is 0 Å². The van der Waals surface area contributed by atoms with Gasteiger partial charge in [0, 0.05) is 6.42 Å². The van der Waals surface area contributed by atoms with Crippen molar-refractivity contribution in [3.8, 4) is 0 Å². The van der Waals surface area contributed by atoms with E-state index in [1.807, 2.05) is 13.0 Å². The van der Waals surface area contributed by atoms with Gasteiger partial charge in [-0.3, -0.25) is 4.79 Å². The summed E-state index contributed by atoms with van der Waals surface area (Å²) in [5.41, 5.74) is -0.583. The summed E-state index contributed by atoms with van der Waals surface area (Å²) < 4.78 is 0. The second kappa shape index (κ2) is 11.7. The van der Waals surface area contributed by atoms with Gasteiger partial charge in [0.2, 0.25) is 0 Å². The second-order valence-electron chi connectivity index (χ2n) is 8.05. The molecule has 0 spiro atoms. The number of hydrogen-bond donors (Lipinski definition) is 3. The summed E-state index contributed by atoms with van der Waals surface area (Å²) in [6.45, 7) is 4.12. The topological polar surface area (TPSA) is 77.8 Å². The van der Waals surface area contributed by atoms with E-state index < -0.39 is 11.6 Å². The number of hydrogen-bond acceptors (Lipinski definition) is 3. The molecule has 0 aromatic heterocycles. The van der Waals surface area contributed by atoms with Gasteiger partial charge < -0.3 is 15.3 Å². The quantitative estimate of drug-likeness (QED) is 0.331. The molecule has 4 unspecified atom stereocenters. The van der Waals surface area contributed by atoms with Gasteiger partial charge in [-0.1, -0.05) is 38.3 Å². The fourth-order valence-electron chi connectivity index (χ4n) is 3.95. The summed E-state index contributed by atoms with van der Waals surface area (Å²) in [6, 6.07) is 0. The molecule has 1 rings (SSSR count). The third-order valence-electron chi connectivity index (χ3n) is 5.64. The summed E-state index contributed by atoms with van der Waals surface area (Å²) in [7, 11) is 0. The highest BCUT2D eigenvalue weighted by Gasteiger charge is 2.35. The smallest absolute Gasteiger partial charge is 0.303 e. The van der Waals surface area contributed by atoms with E-state index in [4.69, 9.17) is 5.11 Å². The highest BCUT2D eigenvalue weighted by Crippen LogP contribution is 2.39. The molecule has 25 heavy (non-hydrogen) atoms. The van der Waals surface area contributed by atoms with Crippen LogP contribution >= 0.6 is 0 Å². The van der Waals surface area contributed by atoms with Crippen LogP contribution in [0.4, 0.5) is 0 Å². The van der Waals surface area contributed by atoms with Crippen LogP contribution in [0.15, 0.2) is 12.2 Å². The largest absolute Gasteiger partial charge is 0.481 e. The predicted octanol–water partition coefficient (Wildman–Crippen LogP) is 4.69. The van der Waals surface area contributed by atoms with Crippen LogP contribution in [0.2, 0.25) is 0 Å².